The second-order valence-corrected chi connectivity index (χ2v) is 7.69. The molecule has 2 unspecified atom stereocenters. The molecular formula is C19H28O5. The minimum atomic E-state index is -0.717. The number of aliphatic carboxylic acids is 1. The first kappa shape index (κ1) is 16.6. The Bertz CT molecular complexity index is 484. The largest absolute Gasteiger partial charge is 0.481 e. The smallest absolute Gasteiger partial charge is 0.303 e. The molecule has 0 spiro atoms. The molecule has 4 fully saturated rings. The predicted molar refractivity (Wildman–Crippen MR) is 87.8 cm³/mol. The van der Waals surface area contributed by atoms with Crippen molar-refractivity contribution in [3.05, 3.63) is 12.2 Å². The molecule has 1 saturated carbocycles. The van der Waals surface area contributed by atoms with Gasteiger partial charge in [-0.2, -0.15) is 0 Å². The van der Waals surface area contributed by atoms with E-state index in [0.29, 0.717) is 36.6 Å². The molecule has 0 amide bonds. The lowest BCUT2D eigenvalue weighted by Crippen LogP contribution is -2.36. The van der Waals surface area contributed by atoms with Gasteiger partial charge in [0.1, 0.15) is 12.2 Å². The molecule has 3 aliphatic heterocycles. The van der Waals surface area contributed by atoms with Crippen LogP contribution in [-0.4, -0.2) is 48.2 Å². The van der Waals surface area contributed by atoms with Gasteiger partial charge >= 0.3 is 5.97 Å². The molecule has 1 N–H and O–H groups in total. The Morgan fingerprint density at radius 3 is 2.50 bits per heavy atom. The van der Waals surface area contributed by atoms with Gasteiger partial charge in [-0.1, -0.05) is 25.0 Å². The van der Waals surface area contributed by atoms with E-state index in [4.69, 9.17) is 19.3 Å². The zero-order valence-corrected chi connectivity index (χ0v) is 14.1. The quantitative estimate of drug-likeness (QED) is 0.398. The van der Waals surface area contributed by atoms with Gasteiger partial charge in [-0.25, -0.2) is 0 Å². The van der Waals surface area contributed by atoms with Crippen molar-refractivity contribution in [1.29, 1.82) is 0 Å². The van der Waals surface area contributed by atoms with Gasteiger partial charge in [0.2, 0.25) is 0 Å². The van der Waals surface area contributed by atoms with Crippen molar-refractivity contribution in [2.45, 2.75) is 81.9 Å². The molecule has 0 aromatic carbocycles. The SMILES string of the molecule is O=C(O)CCC/C=C\C[C@H]1[C@@H](COC2CCCC2)[C@@H]2O[C@H]1C1OC12. The topological polar surface area (TPSA) is 68.3 Å². The fourth-order valence-corrected chi connectivity index (χ4v) is 4.75. The van der Waals surface area contributed by atoms with E-state index in [0.717, 1.165) is 19.4 Å². The molecular weight excluding hydrogens is 308 g/mol. The van der Waals surface area contributed by atoms with Gasteiger partial charge in [0.05, 0.1) is 24.9 Å². The molecule has 4 aliphatic rings. The average Bonchev–Trinajstić information content (AvgIpc) is 2.94. The molecule has 5 heteroatoms. The van der Waals surface area contributed by atoms with E-state index in [-0.39, 0.29) is 18.6 Å². The monoisotopic (exact) mass is 336 g/mol. The number of ether oxygens (including phenoxy) is 3. The summed E-state index contributed by atoms with van der Waals surface area (Å²) in [7, 11) is 0. The van der Waals surface area contributed by atoms with Gasteiger partial charge < -0.3 is 19.3 Å². The van der Waals surface area contributed by atoms with Gasteiger partial charge in [0.15, 0.2) is 0 Å². The van der Waals surface area contributed by atoms with Crippen LogP contribution in [-0.2, 0) is 19.0 Å². The standard InChI is InChI=1S/C19H28O5/c20-15(21)10-4-2-1-3-9-13-14(11-22-12-7-5-6-8-12)17-19-18(24-19)16(13)23-17/h1,3,12-14,16-19H,2,4-11H2,(H,20,21)/b3-1-/t13-,14+,16+,17-,18?,19?/m0/s1. The maximum absolute atomic E-state index is 10.5. The lowest BCUT2D eigenvalue weighted by Gasteiger charge is -2.26. The van der Waals surface area contributed by atoms with Crippen molar-refractivity contribution < 1.29 is 24.1 Å². The zero-order valence-electron chi connectivity index (χ0n) is 14.1. The fourth-order valence-electron chi connectivity index (χ4n) is 4.75. The molecule has 4 rings (SSSR count). The highest BCUT2D eigenvalue weighted by atomic mass is 16.7. The summed E-state index contributed by atoms with van der Waals surface area (Å²) < 4.78 is 18.1. The number of hydrogen-bond acceptors (Lipinski definition) is 4. The Morgan fingerprint density at radius 1 is 1.04 bits per heavy atom. The van der Waals surface area contributed by atoms with E-state index in [1.807, 2.05) is 0 Å². The molecule has 3 heterocycles. The number of unbranched alkanes of at least 4 members (excludes halogenated alkanes) is 1. The molecule has 1 aliphatic carbocycles. The third kappa shape index (κ3) is 3.39. The van der Waals surface area contributed by atoms with Gasteiger partial charge in [-0.15, -0.1) is 0 Å². The Balaban J connectivity index is 1.27. The highest BCUT2D eigenvalue weighted by Crippen LogP contribution is 2.55. The van der Waals surface area contributed by atoms with E-state index in [9.17, 15) is 4.79 Å². The molecule has 134 valence electrons. The average molecular weight is 336 g/mol. The number of epoxide rings is 1. The van der Waals surface area contributed by atoms with E-state index in [1.165, 1.54) is 25.7 Å². The predicted octanol–water partition coefficient (Wildman–Crippen LogP) is 2.93. The number of allylic oxidation sites excluding steroid dienone is 2. The third-order valence-electron chi connectivity index (χ3n) is 6.08. The number of carboxylic acid groups (broad SMARTS) is 1. The van der Waals surface area contributed by atoms with E-state index in [2.05, 4.69) is 12.2 Å². The van der Waals surface area contributed by atoms with Crippen LogP contribution in [0.2, 0.25) is 0 Å². The third-order valence-corrected chi connectivity index (χ3v) is 6.08. The summed E-state index contributed by atoms with van der Waals surface area (Å²) in [6, 6.07) is 0. The number of rotatable bonds is 9. The summed E-state index contributed by atoms with van der Waals surface area (Å²) in [5.41, 5.74) is 0. The van der Waals surface area contributed by atoms with Crippen LogP contribution < -0.4 is 0 Å². The van der Waals surface area contributed by atoms with Gasteiger partial charge in [-0.05, 0) is 38.0 Å². The van der Waals surface area contributed by atoms with E-state index in [1.54, 1.807) is 0 Å². The summed E-state index contributed by atoms with van der Waals surface area (Å²) in [6.45, 7) is 0.802. The van der Waals surface area contributed by atoms with Crippen LogP contribution in [0.25, 0.3) is 0 Å². The maximum Gasteiger partial charge on any atom is 0.303 e. The molecule has 0 aromatic rings. The Labute approximate surface area is 143 Å². The maximum atomic E-state index is 10.5. The minimum absolute atomic E-state index is 0.229. The van der Waals surface area contributed by atoms with Crippen molar-refractivity contribution in [1.82, 2.24) is 0 Å². The van der Waals surface area contributed by atoms with E-state index < -0.39 is 5.97 Å². The molecule has 24 heavy (non-hydrogen) atoms. The van der Waals surface area contributed by atoms with Crippen LogP contribution in [0, 0.1) is 11.8 Å². The van der Waals surface area contributed by atoms with Crippen LogP contribution in [0.15, 0.2) is 12.2 Å². The second kappa shape index (κ2) is 7.14. The summed E-state index contributed by atoms with van der Waals surface area (Å²) in [5.74, 6) is 0.213. The lowest BCUT2D eigenvalue weighted by atomic mass is 9.78. The Hall–Kier alpha value is -0.910. The van der Waals surface area contributed by atoms with Crippen LogP contribution in [0.5, 0.6) is 0 Å². The first-order valence-electron chi connectivity index (χ1n) is 9.53. The van der Waals surface area contributed by atoms with Crippen LogP contribution >= 0.6 is 0 Å². The first-order valence-corrected chi connectivity index (χ1v) is 9.53. The highest BCUT2D eigenvalue weighted by molar-refractivity contribution is 5.66. The van der Waals surface area contributed by atoms with Crippen LogP contribution in [0.3, 0.4) is 0 Å². The van der Waals surface area contributed by atoms with Crippen molar-refractivity contribution >= 4 is 5.97 Å². The molecule has 0 aromatic heterocycles. The van der Waals surface area contributed by atoms with Crippen molar-refractivity contribution in [3.63, 3.8) is 0 Å². The number of fused-ring (bicyclic) bond motifs is 5. The fraction of sp³-hybridized carbons (Fsp3) is 0.842. The van der Waals surface area contributed by atoms with Gasteiger partial charge in [0.25, 0.3) is 0 Å². The summed E-state index contributed by atoms with van der Waals surface area (Å²) in [5, 5.41) is 8.66. The van der Waals surface area contributed by atoms with Crippen LogP contribution in [0.1, 0.15) is 51.4 Å². The first-order chi connectivity index (χ1) is 11.7. The molecule has 0 radical (unpaired) electrons. The Kier molecular flexibility index (Phi) is 4.93. The molecule has 3 saturated heterocycles. The molecule has 2 bridgehead atoms. The number of hydrogen-bond donors (Lipinski definition) is 1. The van der Waals surface area contributed by atoms with Gasteiger partial charge in [-0.3, -0.25) is 4.79 Å². The number of carboxylic acids is 1. The minimum Gasteiger partial charge on any atom is -0.481 e. The molecule has 6 atom stereocenters. The van der Waals surface area contributed by atoms with Crippen molar-refractivity contribution in [2.75, 3.05) is 6.61 Å². The summed E-state index contributed by atoms with van der Waals surface area (Å²) in [4.78, 5) is 10.5. The zero-order chi connectivity index (χ0) is 16.5. The number of carbonyl (C=O) groups is 1. The van der Waals surface area contributed by atoms with Crippen molar-refractivity contribution in [3.8, 4) is 0 Å². The lowest BCUT2D eigenvalue weighted by molar-refractivity contribution is -0.137. The highest BCUT2D eigenvalue weighted by Gasteiger charge is 2.68. The molecule has 5 nitrogen and oxygen atoms in total. The van der Waals surface area contributed by atoms with Crippen molar-refractivity contribution in [2.24, 2.45) is 11.8 Å². The summed E-state index contributed by atoms with van der Waals surface area (Å²) >= 11 is 0. The van der Waals surface area contributed by atoms with Crippen LogP contribution in [0.4, 0.5) is 0 Å². The Morgan fingerprint density at radius 2 is 1.75 bits per heavy atom. The van der Waals surface area contributed by atoms with Gasteiger partial charge in [0, 0.05) is 12.3 Å². The summed E-state index contributed by atoms with van der Waals surface area (Å²) in [6.07, 6.45) is 13.7. The van der Waals surface area contributed by atoms with E-state index >= 15 is 0 Å². The normalized spacial score (nSPS) is 40.5. The second-order valence-electron chi connectivity index (χ2n) is 7.69.